The number of hydrogen-bond acceptors (Lipinski definition) is 4. The second-order valence-electron chi connectivity index (χ2n) is 5.34. The number of halogens is 2. The summed E-state index contributed by atoms with van der Waals surface area (Å²) in [6, 6.07) is 2.60. The summed E-state index contributed by atoms with van der Waals surface area (Å²) in [4.78, 5) is 17.6. The van der Waals surface area contributed by atoms with Crippen LogP contribution in [0.2, 0.25) is 0 Å². The van der Waals surface area contributed by atoms with Crippen LogP contribution in [0, 0.1) is 0 Å². The van der Waals surface area contributed by atoms with Gasteiger partial charge in [0.15, 0.2) is 0 Å². The first-order valence-corrected chi connectivity index (χ1v) is 8.62. The molecule has 0 saturated carbocycles. The van der Waals surface area contributed by atoms with E-state index >= 15 is 0 Å². The Morgan fingerprint density at radius 3 is 3.00 bits per heavy atom. The minimum atomic E-state index is 0. The van der Waals surface area contributed by atoms with Crippen molar-refractivity contribution in [2.75, 3.05) is 33.7 Å². The van der Waals surface area contributed by atoms with Crippen LogP contribution in [0.3, 0.4) is 0 Å². The van der Waals surface area contributed by atoms with Crippen LogP contribution in [0.5, 0.6) is 0 Å². The van der Waals surface area contributed by atoms with Gasteiger partial charge in [-0.3, -0.25) is 9.69 Å². The molecule has 1 fully saturated rings. The Labute approximate surface area is 145 Å². The maximum absolute atomic E-state index is 12.3. The molecule has 2 rings (SSSR count). The molecule has 1 aliphatic rings. The summed E-state index contributed by atoms with van der Waals surface area (Å²) >= 11 is 5.13. The molecule has 120 valence electrons. The molecule has 0 radical (unpaired) electrons. The largest absolute Gasteiger partial charge is 0.340 e. The predicted molar refractivity (Wildman–Crippen MR) is 94.3 cm³/mol. The summed E-state index contributed by atoms with van der Waals surface area (Å²) < 4.78 is 1.09. The summed E-state index contributed by atoms with van der Waals surface area (Å²) in [7, 11) is 3.88. The van der Waals surface area contributed by atoms with Gasteiger partial charge in [-0.1, -0.05) is 0 Å². The Kier molecular flexibility index (Phi) is 8.19. The number of carbonyl (C=O) groups is 1. The van der Waals surface area contributed by atoms with E-state index in [0.717, 1.165) is 17.6 Å². The lowest BCUT2D eigenvalue weighted by Gasteiger charge is -2.33. The molecule has 1 amide bonds. The molecule has 1 unspecified atom stereocenters. The summed E-state index contributed by atoms with van der Waals surface area (Å²) in [5.41, 5.74) is 0. The van der Waals surface area contributed by atoms with Crippen molar-refractivity contribution in [2.24, 2.45) is 0 Å². The summed E-state index contributed by atoms with van der Waals surface area (Å²) in [6.45, 7) is 3.22. The number of rotatable bonds is 5. The molecule has 1 aliphatic heterocycles. The molecule has 7 heteroatoms. The predicted octanol–water partition coefficient (Wildman–Crippen LogP) is 2.57. The third-order valence-electron chi connectivity index (χ3n) is 3.71. The zero-order chi connectivity index (χ0) is 14.5. The highest BCUT2D eigenvalue weighted by atomic mass is 79.9. The minimum absolute atomic E-state index is 0. The van der Waals surface area contributed by atoms with Gasteiger partial charge < -0.3 is 10.2 Å². The number of hydrogen-bond donors (Lipinski definition) is 1. The number of likely N-dealkylation sites (N-methyl/N-ethyl adjacent to an activating group) is 2. The lowest BCUT2D eigenvalue weighted by molar-refractivity contribution is -0.131. The van der Waals surface area contributed by atoms with E-state index < -0.39 is 0 Å². The van der Waals surface area contributed by atoms with Crippen LogP contribution in [0.25, 0.3) is 0 Å². The van der Waals surface area contributed by atoms with Gasteiger partial charge in [0.25, 0.3) is 0 Å². The Morgan fingerprint density at radius 2 is 2.38 bits per heavy atom. The fraction of sp³-hybridized carbons (Fsp3) is 0.643. The molecule has 0 aromatic carbocycles. The Bertz CT molecular complexity index is 457. The first-order chi connectivity index (χ1) is 9.58. The molecule has 1 saturated heterocycles. The number of amides is 1. The van der Waals surface area contributed by atoms with Crippen molar-refractivity contribution in [1.82, 2.24) is 15.1 Å². The summed E-state index contributed by atoms with van der Waals surface area (Å²) in [6.07, 6.45) is 2.38. The van der Waals surface area contributed by atoms with Gasteiger partial charge in [0.1, 0.15) is 0 Å². The first kappa shape index (κ1) is 18.9. The van der Waals surface area contributed by atoms with E-state index in [9.17, 15) is 4.79 Å². The number of thiophene rings is 1. The van der Waals surface area contributed by atoms with Crippen LogP contribution in [-0.2, 0) is 11.3 Å². The Hall–Kier alpha value is -0.140. The normalized spacial score (nSPS) is 19.1. The van der Waals surface area contributed by atoms with E-state index in [4.69, 9.17) is 0 Å². The van der Waals surface area contributed by atoms with Gasteiger partial charge in [-0.15, -0.1) is 23.7 Å². The van der Waals surface area contributed by atoms with E-state index in [0.29, 0.717) is 19.1 Å². The van der Waals surface area contributed by atoms with Gasteiger partial charge in [0, 0.05) is 34.4 Å². The molecule has 2 heterocycles. The lowest BCUT2D eigenvalue weighted by atomic mass is 10.1. The van der Waals surface area contributed by atoms with E-state index in [-0.39, 0.29) is 18.3 Å². The standard InChI is InChI=1S/C14H22BrN3OS.ClH/c1-16-12-4-3-5-18(7-12)9-14(19)17(2)8-13-6-11(15)10-20-13;/h6,10,12,16H,3-5,7-9H2,1-2H3;1H. The van der Waals surface area contributed by atoms with Crippen molar-refractivity contribution in [1.29, 1.82) is 0 Å². The minimum Gasteiger partial charge on any atom is -0.340 e. The zero-order valence-corrected chi connectivity index (χ0v) is 15.7. The molecular weight excluding hydrogens is 374 g/mol. The van der Waals surface area contributed by atoms with Crippen molar-refractivity contribution in [3.05, 3.63) is 20.8 Å². The SMILES string of the molecule is CNC1CCCN(CC(=O)N(C)Cc2cc(Br)cs2)C1.Cl. The van der Waals surface area contributed by atoms with E-state index in [1.807, 2.05) is 19.0 Å². The maximum atomic E-state index is 12.3. The van der Waals surface area contributed by atoms with Crippen LogP contribution in [-0.4, -0.2) is 55.5 Å². The second-order valence-corrected chi connectivity index (χ2v) is 7.26. The molecule has 1 aromatic heterocycles. The third-order valence-corrected chi connectivity index (χ3v) is 5.40. The number of likely N-dealkylation sites (tertiary alicyclic amines) is 1. The van der Waals surface area contributed by atoms with Gasteiger partial charge in [0.2, 0.25) is 5.91 Å². The average molecular weight is 397 g/mol. The molecule has 0 spiro atoms. The Morgan fingerprint density at radius 1 is 1.62 bits per heavy atom. The van der Waals surface area contributed by atoms with Crippen molar-refractivity contribution >= 4 is 45.6 Å². The van der Waals surface area contributed by atoms with Crippen LogP contribution in [0.1, 0.15) is 17.7 Å². The summed E-state index contributed by atoms with van der Waals surface area (Å²) in [5.74, 6) is 0.200. The molecular formula is C14H23BrClN3OS. The highest BCUT2D eigenvalue weighted by molar-refractivity contribution is 9.10. The molecule has 1 atom stereocenters. The van der Waals surface area contributed by atoms with Crippen molar-refractivity contribution in [2.45, 2.75) is 25.4 Å². The van der Waals surface area contributed by atoms with Crippen LogP contribution in [0.4, 0.5) is 0 Å². The second kappa shape index (κ2) is 9.10. The van der Waals surface area contributed by atoms with Gasteiger partial charge in [-0.05, 0) is 48.4 Å². The number of nitrogens with zero attached hydrogens (tertiary/aromatic N) is 2. The maximum Gasteiger partial charge on any atom is 0.236 e. The highest BCUT2D eigenvalue weighted by Crippen LogP contribution is 2.21. The van der Waals surface area contributed by atoms with Crippen LogP contribution in [0.15, 0.2) is 15.9 Å². The lowest BCUT2D eigenvalue weighted by Crippen LogP contribution is -2.48. The number of nitrogens with one attached hydrogen (secondary N) is 1. The van der Waals surface area contributed by atoms with Gasteiger partial charge >= 0.3 is 0 Å². The van der Waals surface area contributed by atoms with Gasteiger partial charge in [-0.2, -0.15) is 0 Å². The number of carbonyl (C=O) groups excluding carboxylic acids is 1. The smallest absolute Gasteiger partial charge is 0.236 e. The van der Waals surface area contributed by atoms with Gasteiger partial charge in [0.05, 0.1) is 13.1 Å². The van der Waals surface area contributed by atoms with Crippen LogP contribution >= 0.6 is 39.7 Å². The van der Waals surface area contributed by atoms with E-state index in [1.165, 1.54) is 17.7 Å². The van der Waals surface area contributed by atoms with Crippen molar-refractivity contribution in [3.63, 3.8) is 0 Å². The number of piperidine rings is 1. The quantitative estimate of drug-likeness (QED) is 0.831. The molecule has 21 heavy (non-hydrogen) atoms. The average Bonchev–Trinajstić information content (AvgIpc) is 2.84. The molecule has 4 nitrogen and oxygen atoms in total. The fourth-order valence-electron chi connectivity index (χ4n) is 2.51. The molecule has 0 bridgehead atoms. The first-order valence-electron chi connectivity index (χ1n) is 6.95. The van der Waals surface area contributed by atoms with Crippen molar-refractivity contribution < 1.29 is 4.79 Å². The van der Waals surface area contributed by atoms with Gasteiger partial charge in [-0.25, -0.2) is 0 Å². The molecule has 1 N–H and O–H groups in total. The van der Waals surface area contributed by atoms with Crippen molar-refractivity contribution in [3.8, 4) is 0 Å². The molecule has 1 aromatic rings. The summed E-state index contributed by atoms with van der Waals surface area (Å²) in [5, 5.41) is 5.36. The Balaban J connectivity index is 0.00000220. The fourth-order valence-corrected chi connectivity index (χ4v) is 4.01. The van der Waals surface area contributed by atoms with E-state index in [1.54, 1.807) is 11.3 Å². The monoisotopic (exact) mass is 395 g/mol. The van der Waals surface area contributed by atoms with E-state index in [2.05, 4.69) is 37.6 Å². The zero-order valence-electron chi connectivity index (χ0n) is 12.5. The third kappa shape index (κ3) is 5.87. The van der Waals surface area contributed by atoms with Crippen LogP contribution < -0.4 is 5.32 Å². The topological polar surface area (TPSA) is 35.6 Å². The highest BCUT2D eigenvalue weighted by Gasteiger charge is 2.21. The molecule has 0 aliphatic carbocycles.